The second-order valence-electron chi connectivity index (χ2n) is 6.21. The maximum Gasteiger partial charge on any atom is 0.108 e. The first-order valence-corrected chi connectivity index (χ1v) is 8.71. The number of hydrogen-bond donors (Lipinski definition) is 0. The Hall–Kier alpha value is -1.84. The molecule has 0 saturated heterocycles. The van der Waals surface area contributed by atoms with Gasteiger partial charge in [0.15, 0.2) is 0 Å². The third kappa shape index (κ3) is 3.63. The molecule has 2 aromatic rings. The number of rotatable bonds is 4. The van der Waals surface area contributed by atoms with E-state index < -0.39 is 0 Å². The predicted molar refractivity (Wildman–Crippen MR) is 101 cm³/mol. The summed E-state index contributed by atoms with van der Waals surface area (Å²) >= 11 is 6.15. The molecular weight excluding hydrogens is 320 g/mol. The zero-order valence-corrected chi connectivity index (χ0v) is 15.2. The Morgan fingerprint density at radius 1 is 1.33 bits per heavy atom. The van der Waals surface area contributed by atoms with Crippen molar-refractivity contribution in [1.29, 1.82) is 0 Å². The molecule has 0 bridgehead atoms. The standard InChI is InChI=1S/C20H23ClN2O/c1-4-23(3)13-22-19-12-15-8-9-24-20(18(15)10-14(19)2)16-6-5-7-17(21)11-16/h5-7,10-13,20H,4,8-9H2,1-3H3. The van der Waals surface area contributed by atoms with Gasteiger partial charge in [-0.2, -0.15) is 0 Å². The van der Waals surface area contributed by atoms with Crippen LogP contribution in [0.4, 0.5) is 5.69 Å². The van der Waals surface area contributed by atoms with Crippen LogP contribution >= 0.6 is 11.6 Å². The lowest BCUT2D eigenvalue weighted by atomic mass is 9.91. The van der Waals surface area contributed by atoms with E-state index in [1.54, 1.807) is 0 Å². The number of aliphatic imine (C=N–C) groups is 1. The zero-order valence-electron chi connectivity index (χ0n) is 14.4. The fraction of sp³-hybridized carbons (Fsp3) is 0.350. The number of ether oxygens (including phenoxy) is 1. The molecule has 1 heterocycles. The average molecular weight is 343 g/mol. The molecule has 0 aliphatic carbocycles. The Balaban J connectivity index is 1.97. The highest BCUT2D eigenvalue weighted by Crippen LogP contribution is 2.37. The van der Waals surface area contributed by atoms with Crippen molar-refractivity contribution in [3.05, 3.63) is 63.7 Å². The molecule has 0 fully saturated rings. The van der Waals surface area contributed by atoms with Crippen LogP contribution in [0.3, 0.4) is 0 Å². The Labute approximate surface area is 148 Å². The third-order valence-corrected chi connectivity index (χ3v) is 4.68. The van der Waals surface area contributed by atoms with Crippen molar-refractivity contribution in [2.24, 2.45) is 4.99 Å². The first kappa shape index (κ1) is 17.0. The second-order valence-corrected chi connectivity index (χ2v) is 6.65. The third-order valence-electron chi connectivity index (χ3n) is 4.44. The summed E-state index contributed by atoms with van der Waals surface area (Å²) in [5.74, 6) is 0. The average Bonchev–Trinajstić information content (AvgIpc) is 2.59. The van der Waals surface area contributed by atoms with E-state index in [1.807, 2.05) is 31.6 Å². The van der Waals surface area contributed by atoms with E-state index in [2.05, 4.69) is 41.9 Å². The minimum atomic E-state index is -0.0532. The molecule has 4 heteroatoms. The number of benzene rings is 2. The summed E-state index contributed by atoms with van der Waals surface area (Å²) in [6, 6.07) is 12.3. The first-order chi connectivity index (χ1) is 11.6. The van der Waals surface area contributed by atoms with Crippen LogP contribution in [-0.4, -0.2) is 31.4 Å². The molecule has 2 aromatic carbocycles. The summed E-state index contributed by atoms with van der Waals surface area (Å²) in [5.41, 5.74) is 5.82. The Kier molecular flexibility index (Phi) is 5.22. The molecule has 3 nitrogen and oxygen atoms in total. The summed E-state index contributed by atoms with van der Waals surface area (Å²) in [6.07, 6.45) is 2.75. The van der Waals surface area contributed by atoms with Gasteiger partial charge < -0.3 is 9.64 Å². The van der Waals surface area contributed by atoms with Crippen molar-refractivity contribution in [2.45, 2.75) is 26.4 Å². The van der Waals surface area contributed by atoms with Crippen molar-refractivity contribution in [3.8, 4) is 0 Å². The fourth-order valence-electron chi connectivity index (χ4n) is 2.93. The van der Waals surface area contributed by atoms with Gasteiger partial charge in [-0.3, -0.25) is 0 Å². The fourth-order valence-corrected chi connectivity index (χ4v) is 3.12. The lowest BCUT2D eigenvalue weighted by Gasteiger charge is -2.27. The number of aryl methyl sites for hydroxylation is 1. The van der Waals surface area contributed by atoms with Gasteiger partial charge in [0.1, 0.15) is 6.10 Å². The Morgan fingerprint density at radius 3 is 2.92 bits per heavy atom. The van der Waals surface area contributed by atoms with E-state index in [0.29, 0.717) is 6.61 Å². The Morgan fingerprint density at radius 2 is 2.17 bits per heavy atom. The second kappa shape index (κ2) is 7.37. The van der Waals surface area contributed by atoms with Gasteiger partial charge in [-0.25, -0.2) is 4.99 Å². The van der Waals surface area contributed by atoms with Gasteiger partial charge in [0, 0.05) is 18.6 Å². The van der Waals surface area contributed by atoms with Crippen LogP contribution in [-0.2, 0) is 11.2 Å². The van der Waals surface area contributed by atoms with Crippen LogP contribution in [0.5, 0.6) is 0 Å². The number of hydrogen-bond acceptors (Lipinski definition) is 2. The summed E-state index contributed by atoms with van der Waals surface area (Å²) in [6.45, 7) is 5.87. The summed E-state index contributed by atoms with van der Waals surface area (Å²) in [7, 11) is 2.03. The molecule has 1 aliphatic heterocycles. The van der Waals surface area contributed by atoms with Crippen molar-refractivity contribution in [1.82, 2.24) is 4.90 Å². The Bertz CT molecular complexity index is 757. The SMILES string of the molecule is CCN(C)C=Nc1cc2c(cc1C)C(c1cccc(Cl)c1)OCC2. The number of nitrogens with zero attached hydrogens (tertiary/aromatic N) is 2. The van der Waals surface area contributed by atoms with Crippen LogP contribution in [0.25, 0.3) is 0 Å². The van der Waals surface area contributed by atoms with Crippen LogP contribution in [0.2, 0.25) is 5.02 Å². The van der Waals surface area contributed by atoms with Gasteiger partial charge in [-0.15, -0.1) is 0 Å². The maximum absolute atomic E-state index is 6.15. The van der Waals surface area contributed by atoms with Crippen molar-refractivity contribution >= 4 is 23.6 Å². The van der Waals surface area contributed by atoms with E-state index in [-0.39, 0.29) is 6.10 Å². The number of halogens is 1. The van der Waals surface area contributed by atoms with Crippen LogP contribution in [0.15, 0.2) is 41.4 Å². The maximum atomic E-state index is 6.15. The molecule has 24 heavy (non-hydrogen) atoms. The van der Waals surface area contributed by atoms with Gasteiger partial charge in [0.2, 0.25) is 0 Å². The summed E-state index contributed by atoms with van der Waals surface area (Å²) in [4.78, 5) is 6.70. The molecule has 0 radical (unpaired) electrons. The minimum absolute atomic E-state index is 0.0532. The minimum Gasteiger partial charge on any atom is -0.368 e. The largest absolute Gasteiger partial charge is 0.368 e. The van der Waals surface area contributed by atoms with Crippen molar-refractivity contribution in [2.75, 3.05) is 20.2 Å². The monoisotopic (exact) mass is 342 g/mol. The molecule has 126 valence electrons. The van der Waals surface area contributed by atoms with E-state index in [9.17, 15) is 0 Å². The molecule has 1 aliphatic rings. The van der Waals surface area contributed by atoms with Crippen LogP contribution in [0, 0.1) is 6.92 Å². The molecule has 0 saturated carbocycles. The van der Waals surface area contributed by atoms with E-state index in [4.69, 9.17) is 16.3 Å². The van der Waals surface area contributed by atoms with Crippen LogP contribution in [0.1, 0.15) is 35.3 Å². The predicted octanol–water partition coefficient (Wildman–Crippen LogP) is 4.92. The molecule has 1 atom stereocenters. The lowest BCUT2D eigenvalue weighted by Crippen LogP contribution is -2.18. The topological polar surface area (TPSA) is 24.8 Å². The molecule has 0 amide bonds. The van der Waals surface area contributed by atoms with Gasteiger partial charge in [0.05, 0.1) is 18.6 Å². The highest BCUT2D eigenvalue weighted by molar-refractivity contribution is 6.30. The summed E-state index contributed by atoms with van der Waals surface area (Å²) in [5, 5.41) is 0.740. The smallest absolute Gasteiger partial charge is 0.108 e. The molecule has 0 spiro atoms. The molecule has 0 aromatic heterocycles. The van der Waals surface area contributed by atoms with Gasteiger partial charge in [-0.05, 0) is 60.7 Å². The van der Waals surface area contributed by atoms with E-state index in [0.717, 1.165) is 34.8 Å². The van der Waals surface area contributed by atoms with Crippen molar-refractivity contribution in [3.63, 3.8) is 0 Å². The zero-order chi connectivity index (χ0) is 17.1. The summed E-state index contributed by atoms with van der Waals surface area (Å²) < 4.78 is 6.05. The quantitative estimate of drug-likeness (QED) is 0.581. The number of fused-ring (bicyclic) bond motifs is 1. The molecular formula is C20H23ClN2O. The lowest BCUT2D eigenvalue weighted by molar-refractivity contribution is 0.0698. The van der Waals surface area contributed by atoms with E-state index in [1.165, 1.54) is 11.1 Å². The molecule has 1 unspecified atom stereocenters. The van der Waals surface area contributed by atoms with Gasteiger partial charge >= 0.3 is 0 Å². The van der Waals surface area contributed by atoms with Crippen molar-refractivity contribution < 1.29 is 4.74 Å². The first-order valence-electron chi connectivity index (χ1n) is 8.33. The van der Waals surface area contributed by atoms with Gasteiger partial charge in [-0.1, -0.05) is 29.8 Å². The van der Waals surface area contributed by atoms with Gasteiger partial charge in [0.25, 0.3) is 0 Å². The molecule has 0 N–H and O–H groups in total. The van der Waals surface area contributed by atoms with Crippen LogP contribution < -0.4 is 0 Å². The van der Waals surface area contributed by atoms with E-state index >= 15 is 0 Å². The normalized spacial score (nSPS) is 17.1. The highest BCUT2D eigenvalue weighted by atomic mass is 35.5. The highest BCUT2D eigenvalue weighted by Gasteiger charge is 2.23. The molecule has 3 rings (SSSR count).